The lowest BCUT2D eigenvalue weighted by Crippen LogP contribution is -2.15. The number of hydrogen-bond donors (Lipinski definition) is 1. The molecular formula is C12H17N5O2S. The van der Waals surface area contributed by atoms with E-state index in [-0.39, 0.29) is 16.9 Å². The zero-order chi connectivity index (χ0) is 14.9. The fourth-order valence-electron chi connectivity index (χ4n) is 1.69. The van der Waals surface area contributed by atoms with Crippen molar-refractivity contribution in [3.05, 3.63) is 29.8 Å². The van der Waals surface area contributed by atoms with Crippen LogP contribution < -0.4 is 4.72 Å². The molecule has 0 aliphatic heterocycles. The third-order valence-corrected chi connectivity index (χ3v) is 3.91. The summed E-state index contributed by atoms with van der Waals surface area (Å²) in [6.45, 7) is 7.40. The molecule has 0 aromatic carbocycles. The molecule has 0 fully saturated rings. The first-order valence-electron chi connectivity index (χ1n) is 6.17. The van der Waals surface area contributed by atoms with Crippen molar-refractivity contribution >= 4 is 16.0 Å². The molecule has 0 atom stereocenters. The van der Waals surface area contributed by atoms with Gasteiger partial charge < -0.3 is 0 Å². The van der Waals surface area contributed by atoms with Crippen molar-refractivity contribution < 1.29 is 8.42 Å². The molecule has 0 aliphatic carbocycles. The quantitative estimate of drug-likeness (QED) is 0.926. The second kappa shape index (κ2) is 5.20. The Hall–Kier alpha value is -1.96. The van der Waals surface area contributed by atoms with Crippen LogP contribution in [0.25, 0.3) is 0 Å². The second-order valence-corrected chi connectivity index (χ2v) is 6.51. The van der Waals surface area contributed by atoms with Crippen LogP contribution in [0.2, 0.25) is 0 Å². The molecule has 0 aliphatic rings. The van der Waals surface area contributed by atoms with E-state index >= 15 is 0 Å². The number of rotatable bonds is 4. The number of sulfonamides is 1. The van der Waals surface area contributed by atoms with Crippen LogP contribution in [-0.2, 0) is 10.0 Å². The molecule has 1 N–H and O–H groups in total. The fourth-order valence-corrected chi connectivity index (χ4v) is 2.57. The number of anilines is 1. The summed E-state index contributed by atoms with van der Waals surface area (Å²) in [5.74, 6) is 0.0693. The SMILES string of the molecule is Cc1cc(C)nc(NS(=O)(=O)c2cnn(C(C)C)c2)n1. The highest BCUT2D eigenvalue weighted by atomic mass is 32.2. The van der Waals surface area contributed by atoms with Crippen LogP contribution in [0.1, 0.15) is 31.3 Å². The minimum absolute atomic E-state index is 0.0693. The molecule has 0 amide bonds. The first-order valence-corrected chi connectivity index (χ1v) is 7.65. The molecular weight excluding hydrogens is 278 g/mol. The van der Waals surface area contributed by atoms with E-state index in [1.54, 1.807) is 24.6 Å². The topological polar surface area (TPSA) is 89.8 Å². The molecule has 108 valence electrons. The van der Waals surface area contributed by atoms with Gasteiger partial charge in [-0.3, -0.25) is 4.68 Å². The van der Waals surface area contributed by atoms with Crippen LogP contribution in [0.3, 0.4) is 0 Å². The van der Waals surface area contributed by atoms with Gasteiger partial charge in [-0.25, -0.2) is 23.1 Å². The molecule has 0 bridgehead atoms. The Labute approximate surface area is 118 Å². The van der Waals surface area contributed by atoms with Crippen molar-refractivity contribution in [2.24, 2.45) is 0 Å². The zero-order valence-corrected chi connectivity index (χ0v) is 12.6. The standard InChI is InChI=1S/C12H17N5O2S/c1-8(2)17-7-11(6-13-17)20(18,19)16-12-14-9(3)5-10(4)15-12/h5-8H,1-4H3,(H,14,15,16). The van der Waals surface area contributed by atoms with E-state index in [0.717, 1.165) is 0 Å². The summed E-state index contributed by atoms with van der Waals surface area (Å²) in [5, 5.41) is 4.02. The Kier molecular flexibility index (Phi) is 3.76. The number of aryl methyl sites for hydroxylation is 2. The maximum Gasteiger partial charge on any atom is 0.267 e. The molecule has 0 saturated carbocycles. The highest BCUT2D eigenvalue weighted by molar-refractivity contribution is 7.92. The predicted molar refractivity (Wildman–Crippen MR) is 74.9 cm³/mol. The maximum absolute atomic E-state index is 12.2. The van der Waals surface area contributed by atoms with Crippen LogP contribution in [-0.4, -0.2) is 28.2 Å². The molecule has 0 unspecified atom stereocenters. The van der Waals surface area contributed by atoms with Crippen LogP contribution >= 0.6 is 0 Å². The van der Waals surface area contributed by atoms with Gasteiger partial charge in [-0.05, 0) is 33.8 Å². The Morgan fingerprint density at radius 3 is 2.30 bits per heavy atom. The molecule has 2 rings (SSSR count). The Bertz CT molecular complexity index is 701. The Morgan fingerprint density at radius 1 is 1.20 bits per heavy atom. The summed E-state index contributed by atoms with van der Waals surface area (Å²) in [6, 6.07) is 1.87. The summed E-state index contributed by atoms with van der Waals surface area (Å²) in [6.07, 6.45) is 2.79. The fraction of sp³-hybridized carbons (Fsp3) is 0.417. The molecule has 0 saturated heterocycles. The Balaban J connectivity index is 2.30. The highest BCUT2D eigenvalue weighted by Crippen LogP contribution is 2.14. The van der Waals surface area contributed by atoms with Gasteiger partial charge in [0.15, 0.2) is 0 Å². The van der Waals surface area contributed by atoms with Crippen molar-refractivity contribution in [2.45, 2.75) is 38.6 Å². The maximum atomic E-state index is 12.2. The third kappa shape index (κ3) is 3.13. The lowest BCUT2D eigenvalue weighted by atomic mass is 10.4. The summed E-state index contributed by atoms with van der Waals surface area (Å²) >= 11 is 0. The van der Waals surface area contributed by atoms with Crippen molar-refractivity contribution in [3.8, 4) is 0 Å². The number of nitrogens with one attached hydrogen (secondary N) is 1. The van der Waals surface area contributed by atoms with Crippen LogP contribution in [0.4, 0.5) is 5.95 Å². The van der Waals surface area contributed by atoms with E-state index < -0.39 is 10.0 Å². The molecule has 2 heterocycles. The first-order chi connectivity index (χ1) is 9.28. The molecule has 8 heteroatoms. The molecule has 0 radical (unpaired) electrons. The number of hydrogen-bond acceptors (Lipinski definition) is 5. The monoisotopic (exact) mass is 295 g/mol. The van der Waals surface area contributed by atoms with E-state index in [1.807, 2.05) is 13.8 Å². The molecule has 0 spiro atoms. The zero-order valence-electron chi connectivity index (χ0n) is 11.8. The number of nitrogens with zero attached hydrogens (tertiary/aromatic N) is 4. The minimum Gasteiger partial charge on any atom is -0.269 e. The van der Waals surface area contributed by atoms with Gasteiger partial charge in [0.25, 0.3) is 10.0 Å². The van der Waals surface area contributed by atoms with Crippen molar-refractivity contribution in [1.82, 2.24) is 19.7 Å². The van der Waals surface area contributed by atoms with Gasteiger partial charge in [-0.15, -0.1) is 0 Å². The smallest absolute Gasteiger partial charge is 0.267 e. The summed E-state index contributed by atoms with van der Waals surface area (Å²) in [7, 11) is -3.72. The van der Waals surface area contributed by atoms with E-state index in [2.05, 4.69) is 19.8 Å². The molecule has 2 aromatic heterocycles. The molecule has 20 heavy (non-hydrogen) atoms. The van der Waals surface area contributed by atoms with Crippen molar-refractivity contribution in [1.29, 1.82) is 0 Å². The van der Waals surface area contributed by atoms with E-state index in [0.29, 0.717) is 11.4 Å². The van der Waals surface area contributed by atoms with E-state index in [1.165, 1.54) is 12.4 Å². The summed E-state index contributed by atoms with van der Waals surface area (Å²) in [4.78, 5) is 8.21. The predicted octanol–water partition coefficient (Wildman–Crippen LogP) is 1.67. The first kappa shape index (κ1) is 14.4. The third-order valence-electron chi connectivity index (χ3n) is 2.63. The lowest BCUT2D eigenvalue weighted by molar-refractivity contribution is 0.531. The van der Waals surface area contributed by atoms with Gasteiger partial charge in [-0.2, -0.15) is 5.10 Å². The largest absolute Gasteiger partial charge is 0.269 e. The van der Waals surface area contributed by atoms with Gasteiger partial charge in [0.1, 0.15) is 4.90 Å². The van der Waals surface area contributed by atoms with E-state index in [9.17, 15) is 8.42 Å². The van der Waals surface area contributed by atoms with Gasteiger partial charge in [-0.1, -0.05) is 0 Å². The lowest BCUT2D eigenvalue weighted by Gasteiger charge is -2.06. The van der Waals surface area contributed by atoms with Crippen LogP contribution in [0.5, 0.6) is 0 Å². The number of aromatic nitrogens is 4. The van der Waals surface area contributed by atoms with Crippen molar-refractivity contribution in [2.75, 3.05) is 4.72 Å². The van der Waals surface area contributed by atoms with Gasteiger partial charge in [0, 0.05) is 23.6 Å². The Morgan fingerprint density at radius 2 is 1.80 bits per heavy atom. The average molecular weight is 295 g/mol. The van der Waals surface area contributed by atoms with Gasteiger partial charge in [0.2, 0.25) is 5.95 Å². The van der Waals surface area contributed by atoms with E-state index in [4.69, 9.17) is 0 Å². The van der Waals surface area contributed by atoms with Gasteiger partial charge >= 0.3 is 0 Å². The van der Waals surface area contributed by atoms with Crippen LogP contribution in [0.15, 0.2) is 23.4 Å². The molecule has 7 nitrogen and oxygen atoms in total. The van der Waals surface area contributed by atoms with Crippen molar-refractivity contribution in [3.63, 3.8) is 0 Å². The van der Waals surface area contributed by atoms with Crippen LogP contribution in [0, 0.1) is 13.8 Å². The second-order valence-electron chi connectivity index (χ2n) is 4.83. The molecule has 2 aromatic rings. The van der Waals surface area contributed by atoms with Gasteiger partial charge in [0.05, 0.1) is 6.20 Å². The average Bonchev–Trinajstić information content (AvgIpc) is 2.76. The highest BCUT2D eigenvalue weighted by Gasteiger charge is 2.18. The normalized spacial score (nSPS) is 11.8. The summed E-state index contributed by atoms with van der Waals surface area (Å²) < 4.78 is 28.4. The summed E-state index contributed by atoms with van der Waals surface area (Å²) in [5.41, 5.74) is 1.40. The minimum atomic E-state index is -3.72.